The van der Waals surface area contributed by atoms with Crippen LogP contribution in [0.15, 0.2) is 53.1 Å². The summed E-state index contributed by atoms with van der Waals surface area (Å²) < 4.78 is 2.91. The molecule has 2 aromatic heterocycles. The second kappa shape index (κ2) is 8.37. The van der Waals surface area contributed by atoms with Crippen molar-refractivity contribution in [3.8, 4) is 0 Å². The molecule has 3 heterocycles. The first-order valence-corrected chi connectivity index (χ1v) is 10.6. The van der Waals surface area contributed by atoms with Crippen molar-refractivity contribution in [3.05, 3.63) is 58.8 Å². The molecular formula is C22H23BrN4O2. The Labute approximate surface area is 178 Å². The Hall–Kier alpha value is -2.67. The van der Waals surface area contributed by atoms with E-state index in [0.717, 1.165) is 33.9 Å². The van der Waals surface area contributed by atoms with Gasteiger partial charge in [-0.2, -0.15) is 0 Å². The van der Waals surface area contributed by atoms with E-state index in [1.807, 2.05) is 40.7 Å². The number of fused-ring (bicyclic) bond motifs is 1. The average molecular weight is 455 g/mol. The fourth-order valence-corrected chi connectivity index (χ4v) is 4.12. The van der Waals surface area contributed by atoms with Crippen molar-refractivity contribution in [2.75, 3.05) is 18.4 Å². The minimum absolute atomic E-state index is 0.0497. The first-order chi connectivity index (χ1) is 14.0. The Morgan fingerprint density at radius 1 is 1.24 bits per heavy atom. The van der Waals surface area contributed by atoms with E-state index in [9.17, 15) is 9.59 Å². The zero-order chi connectivity index (χ0) is 20.4. The third kappa shape index (κ3) is 4.34. The first-order valence-electron chi connectivity index (χ1n) is 9.76. The van der Waals surface area contributed by atoms with Gasteiger partial charge in [-0.25, -0.2) is 4.98 Å². The number of carbonyl (C=O) groups is 2. The van der Waals surface area contributed by atoms with Gasteiger partial charge in [-0.3, -0.25) is 9.59 Å². The summed E-state index contributed by atoms with van der Waals surface area (Å²) in [6.07, 6.45) is 3.25. The summed E-state index contributed by atoms with van der Waals surface area (Å²) in [5, 5.41) is 4.00. The topological polar surface area (TPSA) is 67.2 Å². The maximum atomic E-state index is 13.0. The van der Waals surface area contributed by atoms with Gasteiger partial charge in [0.2, 0.25) is 11.8 Å². The predicted octanol–water partition coefficient (Wildman–Crippen LogP) is 3.98. The molecule has 1 N–H and O–H groups in total. The second-order valence-corrected chi connectivity index (χ2v) is 8.38. The molecule has 29 heavy (non-hydrogen) atoms. The standard InChI is InChI=1S/C22H23BrN4O2/c1-15-11-16-5-2-3-7-19(16)27(15)14-21(28)26-10-4-6-17(13-26)22(29)25-20-9-8-18(23)12-24-20/h2-3,5,7-9,11-12,17H,4,6,10,13-14H2,1H3,(H,24,25,29). The number of aryl methyl sites for hydroxylation is 1. The maximum absolute atomic E-state index is 13.0. The van der Waals surface area contributed by atoms with E-state index < -0.39 is 0 Å². The number of aromatic nitrogens is 2. The van der Waals surface area contributed by atoms with Gasteiger partial charge in [-0.1, -0.05) is 18.2 Å². The molecule has 2 amide bonds. The van der Waals surface area contributed by atoms with Gasteiger partial charge in [0, 0.05) is 35.0 Å². The minimum Gasteiger partial charge on any atom is -0.340 e. The van der Waals surface area contributed by atoms with Crippen LogP contribution in [0.3, 0.4) is 0 Å². The van der Waals surface area contributed by atoms with Crippen LogP contribution in [0.5, 0.6) is 0 Å². The van der Waals surface area contributed by atoms with Gasteiger partial charge in [0.25, 0.3) is 0 Å². The van der Waals surface area contributed by atoms with Gasteiger partial charge in [0.1, 0.15) is 12.4 Å². The lowest BCUT2D eigenvalue weighted by Crippen LogP contribution is -2.45. The molecule has 1 unspecified atom stereocenters. The summed E-state index contributed by atoms with van der Waals surface area (Å²) in [6, 6.07) is 13.8. The fourth-order valence-electron chi connectivity index (χ4n) is 3.89. The normalized spacial score (nSPS) is 16.8. The molecule has 0 aliphatic carbocycles. The average Bonchev–Trinajstić information content (AvgIpc) is 3.05. The summed E-state index contributed by atoms with van der Waals surface area (Å²) in [7, 11) is 0. The molecule has 1 atom stereocenters. The fraction of sp³-hybridized carbons (Fsp3) is 0.318. The molecule has 150 valence electrons. The summed E-state index contributed by atoms with van der Waals surface area (Å²) >= 11 is 3.33. The second-order valence-electron chi connectivity index (χ2n) is 7.46. The lowest BCUT2D eigenvalue weighted by molar-refractivity contribution is -0.135. The molecule has 7 heteroatoms. The molecule has 1 aliphatic heterocycles. The van der Waals surface area contributed by atoms with E-state index in [1.165, 1.54) is 0 Å². The van der Waals surface area contributed by atoms with Crippen LogP contribution in [0.1, 0.15) is 18.5 Å². The number of benzene rings is 1. The molecule has 1 fully saturated rings. The number of halogens is 1. The van der Waals surface area contributed by atoms with Crippen molar-refractivity contribution in [2.24, 2.45) is 5.92 Å². The molecule has 3 aromatic rings. The van der Waals surface area contributed by atoms with Crippen molar-refractivity contribution in [1.29, 1.82) is 0 Å². The molecular weight excluding hydrogens is 432 g/mol. The van der Waals surface area contributed by atoms with E-state index in [4.69, 9.17) is 0 Å². The predicted molar refractivity (Wildman–Crippen MR) is 117 cm³/mol. The smallest absolute Gasteiger partial charge is 0.242 e. The SMILES string of the molecule is Cc1cc2ccccc2n1CC(=O)N1CCCC(C(=O)Nc2ccc(Br)cn2)C1. The highest BCUT2D eigenvalue weighted by atomic mass is 79.9. The number of para-hydroxylation sites is 1. The summed E-state index contributed by atoms with van der Waals surface area (Å²) in [6.45, 7) is 3.45. The molecule has 0 bridgehead atoms. The van der Waals surface area contributed by atoms with E-state index in [-0.39, 0.29) is 17.7 Å². The van der Waals surface area contributed by atoms with Crippen LogP contribution in [-0.2, 0) is 16.1 Å². The van der Waals surface area contributed by atoms with Crippen LogP contribution in [0, 0.1) is 12.8 Å². The third-order valence-electron chi connectivity index (χ3n) is 5.43. The molecule has 0 spiro atoms. The van der Waals surface area contributed by atoms with Gasteiger partial charge >= 0.3 is 0 Å². The van der Waals surface area contributed by atoms with Crippen molar-refractivity contribution < 1.29 is 9.59 Å². The van der Waals surface area contributed by atoms with Gasteiger partial charge in [0.15, 0.2) is 0 Å². The quantitative estimate of drug-likeness (QED) is 0.647. The number of nitrogens with one attached hydrogen (secondary N) is 1. The summed E-state index contributed by atoms with van der Waals surface area (Å²) in [5.41, 5.74) is 2.12. The number of hydrogen-bond acceptors (Lipinski definition) is 3. The minimum atomic E-state index is -0.222. The Morgan fingerprint density at radius 3 is 2.86 bits per heavy atom. The lowest BCUT2D eigenvalue weighted by atomic mass is 9.97. The number of pyridine rings is 1. The lowest BCUT2D eigenvalue weighted by Gasteiger charge is -2.32. The van der Waals surface area contributed by atoms with Gasteiger partial charge in [-0.15, -0.1) is 0 Å². The van der Waals surface area contributed by atoms with Crippen LogP contribution < -0.4 is 5.32 Å². The summed E-state index contributed by atoms with van der Waals surface area (Å²) in [4.78, 5) is 31.7. The largest absolute Gasteiger partial charge is 0.340 e. The number of carbonyl (C=O) groups excluding carboxylic acids is 2. The molecule has 0 saturated carbocycles. The van der Waals surface area contributed by atoms with Crippen molar-refractivity contribution in [2.45, 2.75) is 26.3 Å². The van der Waals surface area contributed by atoms with E-state index >= 15 is 0 Å². The van der Waals surface area contributed by atoms with Gasteiger partial charge in [0.05, 0.1) is 5.92 Å². The monoisotopic (exact) mass is 454 g/mol. The Balaban J connectivity index is 1.42. The van der Waals surface area contributed by atoms with Crippen LogP contribution >= 0.6 is 15.9 Å². The molecule has 4 rings (SSSR count). The highest BCUT2D eigenvalue weighted by molar-refractivity contribution is 9.10. The van der Waals surface area contributed by atoms with Crippen LogP contribution in [0.4, 0.5) is 5.82 Å². The van der Waals surface area contributed by atoms with Crippen molar-refractivity contribution in [3.63, 3.8) is 0 Å². The number of likely N-dealkylation sites (tertiary alicyclic amines) is 1. The Bertz CT molecular complexity index is 1040. The van der Waals surface area contributed by atoms with E-state index in [1.54, 1.807) is 12.3 Å². The summed E-state index contributed by atoms with van der Waals surface area (Å²) in [5.74, 6) is 0.269. The zero-order valence-electron chi connectivity index (χ0n) is 16.3. The van der Waals surface area contributed by atoms with Crippen LogP contribution in [0.2, 0.25) is 0 Å². The highest BCUT2D eigenvalue weighted by Crippen LogP contribution is 2.22. The van der Waals surface area contributed by atoms with E-state index in [2.05, 4.69) is 38.4 Å². The zero-order valence-corrected chi connectivity index (χ0v) is 17.9. The number of nitrogens with zero attached hydrogens (tertiary/aromatic N) is 3. The molecule has 6 nitrogen and oxygen atoms in total. The first kappa shape index (κ1) is 19.6. The maximum Gasteiger partial charge on any atom is 0.242 e. The van der Waals surface area contributed by atoms with E-state index in [0.29, 0.717) is 25.5 Å². The Morgan fingerprint density at radius 2 is 2.07 bits per heavy atom. The number of rotatable bonds is 4. The molecule has 1 aromatic carbocycles. The number of anilines is 1. The number of piperidine rings is 1. The Kier molecular flexibility index (Phi) is 5.67. The molecule has 0 radical (unpaired) electrons. The number of hydrogen-bond donors (Lipinski definition) is 1. The van der Waals surface area contributed by atoms with Gasteiger partial charge < -0.3 is 14.8 Å². The van der Waals surface area contributed by atoms with Crippen molar-refractivity contribution >= 4 is 44.5 Å². The molecule has 1 saturated heterocycles. The number of amides is 2. The third-order valence-corrected chi connectivity index (χ3v) is 5.90. The van der Waals surface area contributed by atoms with Crippen molar-refractivity contribution in [1.82, 2.24) is 14.5 Å². The van der Waals surface area contributed by atoms with Crippen LogP contribution in [-0.4, -0.2) is 39.4 Å². The highest BCUT2D eigenvalue weighted by Gasteiger charge is 2.29. The molecule has 1 aliphatic rings. The van der Waals surface area contributed by atoms with Gasteiger partial charge in [-0.05, 0) is 65.3 Å². The van der Waals surface area contributed by atoms with Crippen LogP contribution in [0.25, 0.3) is 10.9 Å².